The van der Waals surface area contributed by atoms with Crippen molar-refractivity contribution < 1.29 is 14.4 Å². The van der Waals surface area contributed by atoms with E-state index in [1.54, 1.807) is 62.6 Å². The molecule has 0 aliphatic carbocycles. The van der Waals surface area contributed by atoms with Crippen LogP contribution < -0.4 is 16.0 Å². The Kier molecular flexibility index (Phi) is 7.88. The lowest BCUT2D eigenvalue weighted by molar-refractivity contribution is -0.125. The van der Waals surface area contributed by atoms with Crippen molar-refractivity contribution in [2.45, 2.75) is 4.90 Å². The molecule has 0 aliphatic rings. The van der Waals surface area contributed by atoms with Crippen LogP contribution in [0, 0.1) is 0 Å². The molecule has 0 heterocycles. The molecule has 0 bridgehead atoms. The summed E-state index contributed by atoms with van der Waals surface area (Å²) >= 11 is 1.33. The van der Waals surface area contributed by atoms with Crippen LogP contribution in [0.5, 0.6) is 0 Å². The van der Waals surface area contributed by atoms with E-state index in [0.717, 1.165) is 4.90 Å². The predicted octanol–water partition coefficient (Wildman–Crippen LogP) is 4.76. The third kappa shape index (κ3) is 6.61. The first-order valence-corrected chi connectivity index (χ1v) is 10.9. The predicted molar refractivity (Wildman–Crippen MR) is 129 cm³/mol. The van der Waals surface area contributed by atoms with Crippen LogP contribution in [0.15, 0.2) is 83.8 Å². The number of rotatable bonds is 7. The fourth-order valence-electron chi connectivity index (χ4n) is 2.70. The molecule has 0 fully saturated rings. The van der Waals surface area contributed by atoms with Gasteiger partial charge >= 0.3 is 6.03 Å². The second kappa shape index (κ2) is 11.0. The Balaban J connectivity index is 1.59. The highest BCUT2D eigenvalue weighted by molar-refractivity contribution is 8.00. The fraction of sp³-hybridized carbons (Fsp3) is 0.125. The van der Waals surface area contributed by atoms with Gasteiger partial charge in [-0.05, 0) is 48.5 Å². The summed E-state index contributed by atoms with van der Waals surface area (Å²) in [6, 6.07) is 22.8. The van der Waals surface area contributed by atoms with Gasteiger partial charge < -0.3 is 20.9 Å². The van der Waals surface area contributed by atoms with Gasteiger partial charge in [-0.2, -0.15) is 0 Å². The SMILES string of the molecule is CN(C)C(=O)CSc1ccccc1C(=O)Nc1ccc(NC(=O)Nc2ccccc2)cc1. The van der Waals surface area contributed by atoms with Crippen molar-refractivity contribution in [2.24, 2.45) is 0 Å². The third-order valence-electron chi connectivity index (χ3n) is 4.41. The van der Waals surface area contributed by atoms with Crippen molar-refractivity contribution in [2.75, 3.05) is 35.8 Å². The standard InChI is InChI=1S/C24H24N4O3S/c1-28(2)22(29)16-32-21-11-7-6-10-20(21)23(30)25-18-12-14-19(15-13-18)27-24(31)26-17-8-4-3-5-9-17/h3-15H,16H2,1-2H3,(H,25,30)(H2,26,27,31). The molecule has 0 atom stereocenters. The van der Waals surface area contributed by atoms with Crippen LogP contribution in [0.4, 0.5) is 21.9 Å². The topological polar surface area (TPSA) is 90.5 Å². The van der Waals surface area contributed by atoms with E-state index in [1.807, 2.05) is 30.3 Å². The zero-order valence-electron chi connectivity index (χ0n) is 17.8. The Bertz CT molecular complexity index is 1090. The van der Waals surface area contributed by atoms with E-state index in [4.69, 9.17) is 0 Å². The Morgan fingerprint density at radius 3 is 1.88 bits per heavy atom. The summed E-state index contributed by atoms with van der Waals surface area (Å²) in [7, 11) is 3.40. The molecule has 0 spiro atoms. The number of nitrogens with one attached hydrogen (secondary N) is 3. The van der Waals surface area contributed by atoms with Gasteiger partial charge in [0.05, 0.1) is 11.3 Å². The smallest absolute Gasteiger partial charge is 0.323 e. The van der Waals surface area contributed by atoms with Crippen molar-refractivity contribution in [1.29, 1.82) is 0 Å². The first-order valence-electron chi connectivity index (χ1n) is 9.89. The van der Waals surface area contributed by atoms with Crippen LogP contribution in [0.2, 0.25) is 0 Å². The Hall–Kier alpha value is -3.78. The number of amides is 4. The van der Waals surface area contributed by atoms with Crippen molar-refractivity contribution in [3.05, 3.63) is 84.4 Å². The van der Waals surface area contributed by atoms with Gasteiger partial charge in [0, 0.05) is 36.1 Å². The van der Waals surface area contributed by atoms with E-state index in [2.05, 4.69) is 16.0 Å². The number of hydrogen-bond donors (Lipinski definition) is 3. The molecule has 0 radical (unpaired) electrons. The van der Waals surface area contributed by atoms with Crippen molar-refractivity contribution in [3.8, 4) is 0 Å². The number of urea groups is 1. The normalized spacial score (nSPS) is 10.2. The Morgan fingerprint density at radius 1 is 0.719 bits per heavy atom. The fourth-order valence-corrected chi connectivity index (χ4v) is 3.73. The van der Waals surface area contributed by atoms with Crippen LogP contribution in [-0.2, 0) is 4.79 Å². The number of hydrogen-bond acceptors (Lipinski definition) is 4. The van der Waals surface area contributed by atoms with Gasteiger partial charge in [-0.3, -0.25) is 9.59 Å². The van der Waals surface area contributed by atoms with Gasteiger partial charge in [0.25, 0.3) is 5.91 Å². The molecule has 0 unspecified atom stereocenters. The van der Waals surface area contributed by atoms with Gasteiger partial charge in [0.1, 0.15) is 0 Å². The number of anilines is 3. The molecule has 8 heteroatoms. The van der Waals surface area contributed by atoms with E-state index in [0.29, 0.717) is 22.6 Å². The van der Waals surface area contributed by atoms with Gasteiger partial charge in [0.15, 0.2) is 0 Å². The van der Waals surface area contributed by atoms with Crippen LogP contribution in [0.1, 0.15) is 10.4 Å². The summed E-state index contributed by atoms with van der Waals surface area (Å²) in [4.78, 5) is 39.0. The molecule has 164 valence electrons. The minimum absolute atomic E-state index is 0.0235. The lowest BCUT2D eigenvalue weighted by Crippen LogP contribution is -2.23. The molecule has 0 aliphatic heterocycles. The zero-order chi connectivity index (χ0) is 22.9. The minimum atomic E-state index is -0.355. The largest absolute Gasteiger partial charge is 0.348 e. The molecule has 3 rings (SSSR count). The average molecular weight is 449 g/mol. The minimum Gasteiger partial charge on any atom is -0.348 e. The van der Waals surface area contributed by atoms with E-state index in [9.17, 15) is 14.4 Å². The number of nitrogens with zero attached hydrogens (tertiary/aromatic N) is 1. The third-order valence-corrected chi connectivity index (χ3v) is 5.47. The van der Waals surface area contributed by atoms with Gasteiger partial charge in [-0.1, -0.05) is 30.3 Å². The highest BCUT2D eigenvalue weighted by atomic mass is 32.2. The molecular formula is C24H24N4O3S. The maximum Gasteiger partial charge on any atom is 0.323 e. The molecular weight excluding hydrogens is 424 g/mol. The maximum atomic E-state index is 12.8. The first kappa shape index (κ1) is 22.9. The van der Waals surface area contributed by atoms with Crippen molar-refractivity contribution >= 4 is 46.7 Å². The lowest BCUT2D eigenvalue weighted by atomic mass is 10.2. The first-order chi connectivity index (χ1) is 15.4. The second-order valence-corrected chi connectivity index (χ2v) is 8.07. The number of benzene rings is 3. The summed E-state index contributed by atoms with van der Waals surface area (Å²) in [6.07, 6.45) is 0. The van der Waals surface area contributed by atoms with Crippen LogP contribution in [-0.4, -0.2) is 42.6 Å². The highest BCUT2D eigenvalue weighted by Crippen LogP contribution is 2.24. The Labute approximate surface area is 191 Å². The second-order valence-electron chi connectivity index (χ2n) is 7.05. The summed E-state index contributed by atoms with van der Waals surface area (Å²) in [5, 5.41) is 8.34. The highest BCUT2D eigenvalue weighted by Gasteiger charge is 2.14. The quantitative estimate of drug-likeness (QED) is 0.455. The maximum absolute atomic E-state index is 12.8. The number of carbonyl (C=O) groups is 3. The van der Waals surface area contributed by atoms with E-state index in [-0.39, 0.29) is 23.6 Å². The summed E-state index contributed by atoms with van der Waals surface area (Å²) in [5.74, 6) is -0.0413. The van der Waals surface area contributed by atoms with Gasteiger partial charge in [0.2, 0.25) is 5.91 Å². The van der Waals surface area contributed by atoms with E-state index in [1.165, 1.54) is 16.7 Å². The molecule has 3 aromatic carbocycles. The molecule has 0 saturated heterocycles. The number of carbonyl (C=O) groups excluding carboxylic acids is 3. The molecule has 7 nitrogen and oxygen atoms in total. The van der Waals surface area contributed by atoms with Crippen LogP contribution in [0.25, 0.3) is 0 Å². The molecule has 4 amide bonds. The molecule has 3 aromatic rings. The molecule has 0 saturated carbocycles. The molecule has 0 aromatic heterocycles. The van der Waals surface area contributed by atoms with Crippen LogP contribution in [0.3, 0.4) is 0 Å². The van der Waals surface area contributed by atoms with E-state index >= 15 is 0 Å². The molecule has 3 N–H and O–H groups in total. The summed E-state index contributed by atoms with van der Waals surface area (Å²) in [6.45, 7) is 0. The summed E-state index contributed by atoms with van der Waals surface area (Å²) < 4.78 is 0. The molecule has 32 heavy (non-hydrogen) atoms. The average Bonchev–Trinajstić information content (AvgIpc) is 2.79. The zero-order valence-corrected chi connectivity index (χ0v) is 18.6. The van der Waals surface area contributed by atoms with Crippen molar-refractivity contribution in [3.63, 3.8) is 0 Å². The number of para-hydroxylation sites is 1. The summed E-state index contributed by atoms with van der Waals surface area (Å²) in [5.41, 5.74) is 2.37. The Morgan fingerprint density at radius 2 is 1.25 bits per heavy atom. The lowest BCUT2D eigenvalue weighted by Gasteiger charge is -2.12. The van der Waals surface area contributed by atoms with Gasteiger partial charge in [-0.25, -0.2) is 4.79 Å². The van der Waals surface area contributed by atoms with E-state index < -0.39 is 0 Å². The monoisotopic (exact) mass is 448 g/mol. The van der Waals surface area contributed by atoms with Crippen LogP contribution >= 0.6 is 11.8 Å². The number of thioether (sulfide) groups is 1. The van der Waals surface area contributed by atoms with Gasteiger partial charge in [-0.15, -0.1) is 11.8 Å². The van der Waals surface area contributed by atoms with Crippen molar-refractivity contribution in [1.82, 2.24) is 4.90 Å².